The van der Waals surface area contributed by atoms with E-state index in [1.165, 1.54) is 17.2 Å². The van der Waals surface area contributed by atoms with E-state index in [9.17, 15) is 9.50 Å². The molecule has 1 atom stereocenters. The van der Waals surface area contributed by atoms with Crippen LogP contribution in [-0.2, 0) is 12.8 Å². The lowest BCUT2D eigenvalue weighted by Gasteiger charge is -2.16. The Morgan fingerprint density at radius 2 is 1.80 bits per heavy atom. The van der Waals surface area contributed by atoms with Crippen molar-refractivity contribution in [3.8, 4) is 0 Å². The van der Waals surface area contributed by atoms with Crippen LogP contribution in [0, 0.1) is 5.82 Å². The first-order chi connectivity index (χ1) is 9.58. The molecule has 0 radical (unpaired) electrons. The Kier molecular flexibility index (Phi) is 4.79. The molecule has 2 aromatic rings. The van der Waals surface area contributed by atoms with Gasteiger partial charge < -0.3 is 5.11 Å². The maximum absolute atomic E-state index is 13.5. The lowest BCUT2D eigenvalue weighted by Crippen LogP contribution is -2.03. The minimum atomic E-state index is -0.908. The molecule has 0 aromatic heterocycles. The fourth-order valence-electron chi connectivity index (χ4n) is 2.40. The second-order valence-corrected chi connectivity index (χ2v) is 5.16. The number of rotatable bonds is 4. The minimum absolute atomic E-state index is 0.0161. The summed E-state index contributed by atoms with van der Waals surface area (Å²) in [4.78, 5) is 0. The Balaban J connectivity index is 2.43. The molecule has 0 spiro atoms. The summed E-state index contributed by atoms with van der Waals surface area (Å²) in [7, 11) is 0. The number of aliphatic hydroxyl groups excluding tert-OH is 1. The molecule has 0 heterocycles. The van der Waals surface area contributed by atoms with Crippen LogP contribution in [0.5, 0.6) is 0 Å². The molecule has 20 heavy (non-hydrogen) atoms. The zero-order valence-corrected chi connectivity index (χ0v) is 12.4. The molecule has 0 aliphatic rings. The van der Waals surface area contributed by atoms with Crippen LogP contribution in [0.1, 0.15) is 42.2 Å². The Morgan fingerprint density at radius 1 is 1.10 bits per heavy atom. The molecule has 106 valence electrons. The Morgan fingerprint density at radius 3 is 2.45 bits per heavy atom. The predicted octanol–water partition coefficient (Wildman–Crippen LogP) is 4.69. The molecule has 3 heteroatoms. The Hall–Kier alpha value is -1.38. The number of aliphatic hydroxyl groups is 1. The third-order valence-corrected chi connectivity index (χ3v) is 3.98. The third kappa shape index (κ3) is 2.87. The first-order valence-corrected chi connectivity index (χ1v) is 7.19. The summed E-state index contributed by atoms with van der Waals surface area (Å²) in [6.45, 7) is 4.19. The molecule has 0 fully saturated rings. The molecule has 1 unspecified atom stereocenters. The lowest BCUT2D eigenvalue weighted by molar-refractivity contribution is 0.220. The normalized spacial score (nSPS) is 12.4. The largest absolute Gasteiger partial charge is 0.384 e. The number of hydrogen-bond donors (Lipinski definition) is 1. The van der Waals surface area contributed by atoms with Crippen molar-refractivity contribution in [2.24, 2.45) is 0 Å². The molecule has 2 rings (SSSR count). The van der Waals surface area contributed by atoms with Crippen LogP contribution in [0.3, 0.4) is 0 Å². The molecular formula is C17H18ClFO. The van der Waals surface area contributed by atoms with Gasteiger partial charge in [0.25, 0.3) is 0 Å². The summed E-state index contributed by atoms with van der Waals surface area (Å²) < 4.78 is 13.5. The molecule has 1 N–H and O–H groups in total. The summed E-state index contributed by atoms with van der Waals surface area (Å²) in [5.41, 5.74) is 3.62. The van der Waals surface area contributed by atoms with E-state index in [-0.39, 0.29) is 5.02 Å². The highest BCUT2D eigenvalue weighted by Crippen LogP contribution is 2.31. The van der Waals surface area contributed by atoms with E-state index in [1.807, 2.05) is 18.2 Å². The van der Waals surface area contributed by atoms with E-state index >= 15 is 0 Å². The number of halogens is 2. The van der Waals surface area contributed by atoms with E-state index in [4.69, 9.17) is 11.6 Å². The van der Waals surface area contributed by atoms with Crippen molar-refractivity contribution in [1.29, 1.82) is 0 Å². The minimum Gasteiger partial charge on any atom is -0.384 e. The summed E-state index contributed by atoms with van der Waals surface area (Å²) in [6, 6.07) is 10.4. The second-order valence-electron chi connectivity index (χ2n) is 4.78. The molecule has 0 bridgehead atoms. The molecule has 0 saturated heterocycles. The van der Waals surface area contributed by atoms with E-state index in [0.717, 1.165) is 18.4 Å². The van der Waals surface area contributed by atoms with E-state index in [1.54, 1.807) is 12.1 Å². The summed E-state index contributed by atoms with van der Waals surface area (Å²) >= 11 is 5.94. The number of benzene rings is 2. The van der Waals surface area contributed by atoms with Crippen LogP contribution in [0.25, 0.3) is 0 Å². The van der Waals surface area contributed by atoms with Gasteiger partial charge in [0.05, 0.1) is 5.02 Å². The quantitative estimate of drug-likeness (QED) is 0.867. The first kappa shape index (κ1) is 15.0. The van der Waals surface area contributed by atoms with Gasteiger partial charge in [0.2, 0.25) is 0 Å². The van der Waals surface area contributed by atoms with Crippen molar-refractivity contribution in [2.75, 3.05) is 0 Å². The van der Waals surface area contributed by atoms with E-state index in [0.29, 0.717) is 5.56 Å². The Labute approximate surface area is 124 Å². The molecular weight excluding hydrogens is 275 g/mol. The van der Waals surface area contributed by atoms with Crippen molar-refractivity contribution >= 4 is 11.6 Å². The highest BCUT2D eigenvalue weighted by atomic mass is 35.5. The van der Waals surface area contributed by atoms with Crippen LogP contribution >= 0.6 is 11.6 Å². The second kappa shape index (κ2) is 6.38. The van der Waals surface area contributed by atoms with Crippen molar-refractivity contribution < 1.29 is 9.50 Å². The van der Waals surface area contributed by atoms with Crippen molar-refractivity contribution in [3.05, 3.63) is 69.5 Å². The average Bonchev–Trinajstić information content (AvgIpc) is 2.48. The first-order valence-electron chi connectivity index (χ1n) is 6.82. The molecule has 0 amide bonds. The molecule has 1 nitrogen and oxygen atoms in total. The van der Waals surface area contributed by atoms with Crippen LogP contribution < -0.4 is 0 Å². The monoisotopic (exact) mass is 292 g/mol. The van der Waals surface area contributed by atoms with Gasteiger partial charge in [0, 0.05) is 5.56 Å². The predicted molar refractivity (Wildman–Crippen MR) is 80.7 cm³/mol. The van der Waals surface area contributed by atoms with Gasteiger partial charge in [-0.2, -0.15) is 0 Å². The molecule has 0 aliphatic carbocycles. The molecule has 2 aromatic carbocycles. The van der Waals surface area contributed by atoms with Crippen molar-refractivity contribution in [3.63, 3.8) is 0 Å². The van der Waals surface area contributed by atoms with Crippen LogP contribution in [0.2, 0.25) is 5.02 Å². The zero-order chi connectivity index (χ0) is 14.7. The van der Waals surface area contributed by atoms with E-state index < -0.39 is 11.9 Å². The molecule has 0 saturated carbocycles. The van der Waals surface area contributed by atoms with Gasteiger partial charge in [-0.3, -0.25) is 0 Å². The number of aryl methyl sites for hydroxylation is 2. The summed E-state index contributed by atoms with van der Waals surface area (Å²) in [5, 5.41) is 10.4. The van der Waals surface area contributed by atoms with Crippen molar-refractivity contribution in [2.45, 2.75) is 32.8 Å². The highest BCUT2D eigenvalue weighted by molar-refractivity contribution is 6.31. The average molecular weight is 293 g/mol. The Bertz CT molecular complexity index is 610. The smallest absolute Gasteiger partial charge is 0.142 e. The van der Waals surface area contributed by atoms with Gasteiger partial charge in [-0.25, -0.2) is 4.39 Å². The highest BCUT2D eigenvalue weighted by Gasteiger charge is 2.17. The van der Waals surface area contributed by atoms with Gasteiger partial charge >= 0.3 is 0 Å². The molecule has 0 aliphatic heterocycles. The fourth-order valence-corrected chi connectivity index (χ4v) is 2.63. The van der Waals surface area contributed by atoms with Gasteiger partial charge in [-0.1, -0.05) is 55.8 Å². The maximum Gasteiger partial charge on any atom is 0.142 e. The van der Waals surface area contributed by atoms with E-state index in [2.05, 4.69) is 13.8 Å². The topological polar surface area (TPSA) is 20.2 Å². The van der Waals surface area contributed by atoms with Gasteiger partial charge in [-0.05, 0) is 35.6 Å². The van der Waals surface area contributed by atoms with Crippen LogP contribution in [0.4, 0.5) is 4.39 Å². The van der Waals surface area contributed by atoms with Gasteiger partial charge in [0.1, 0.15) is 11.9 Å². The van der Waals surface area contributed by atoms with Crippen LogP contribution in [-0.4, -0.2) is 5.11 Å². The lowest BCUT2D eigenvalue weighted by atomic mass is 9.95. The summed E-state index contributed by atoms with van der Waals surface area (Å²) in [6.07, 6.45) is 0.954. The maximum atomic E-state index is 13.5. The fraction of sp³-hybridized carbons (Fsp3) is 0.294. The van der Waals surface area contributed by atoms with Crippen LogP contribution in [0.15, 0.2) is 36.4 Å². The standard InChI is InChI=1S/C17H18ClFO/c1-3-11-8-9-13(10-12(11)4-2)17(20)14-6-5-7-15(19)16(14)18/h5-10,17,20H,3-4H2,1-2H3. The van der Waals surface area contributed by atoms with Gasteiger partial charge in [0.15, 0.2) is 0 Å². The SMILES string of the molecule is CCc1ccc(C(O)c2cccc(F)c2Cl)cc1CC. The zero-order valence-electron chi connectivity index (χ0n) is 11.7. The third-order valence-electron chi connectivity index (χ3n) is 3.58. The number of hydrogen-bond acceptors (Lipinski definition) is 1. The van der Waals surface area contributed by atoms with Crippen molar-refractivity contribution in [1.82, 2.24) is 0 Å². The summed E-state index contributed by atoms with van der Waals surface area (Å²) in [5.74, 6) is -0.510. The van der Waals surface area contributed by atoms with Gasteiger partial charge in [-0.15, -0.1) is 0 Å².